The molecule has 1 aliphatic rings. The Morgan fingerprint density at radius 1 is 1.21 bits per heavy atom. The van der Waals surface area contributed by atoms with Crippen molar-refractivity contribution in [2.75, 3.05) is 41.1 Å². The SMILES string of the molecule is COCC(=O)N(C)CC(=O)N(C)C(C)Cc1ccc2c(c1)OCO2. The highest BCUT2D eigenvalue weighted by Gasteiger charge is 2.21. The number of fused-ring (bicyclic) bond motifs is 1. The molecule has 1 unspecified atom stereocenters. The first-order chi connectivity index (χ1) is 11.4. The van der Waals surface area contributed by atoms with Crippen molar-refractivity contribution in [1.82, 2.24) is 9.80 Å². The summed E-state index contributed by atoms with van der Waals surface area (Å²) in [6.45, 7) is 2.22. The van der Waals surface area contributed by atoms with Gasteiger partial charge < -0.3 is 24.0 Å². The van der Waals surface area contributed by atoms with Crippen LogP contribution in [0.3, 0.4) is 0 Å². The molecule has 7 heteroatoms. The van der Waals surface area contributed by atoms with Gasteiger partial charge in [-0.05, 0) is 31.0 Å². The van der Waals surface area contributed by atoms with E-state index in [0.717, 1.165) is 17.1 Å². The second kappa shape index (κ2) is 8.01. The highest BCUT2D eigenvalue weighted by molar-refractivity contribution is 5.85. The Balaban J connectivity index is 1.90. The van der Waals surface area contributed by atoms with E-state index in [4.69, 9.17) is 14.2 Å². The first-order valence-electron chi connectivity index (χ1n) is 7.79. The molecule has 0 bridgehead atoms. The van der Waals surface area contributed by atoms with Crippen LogP contribution in [0, 0.1) is 0 Å². The van der Waals surface area contributed by atoms with E-state index in [0.29, 0.717) is 6.42 Å². The molecule has 1 atom stereocenters. The molecule has 0 saturated heterocycles. The van der Waals surface area contributed by atoms with Crippen molar-refractivity contribution in [2.24, 2.45) is 0 Å². The number of carbonyl (C=O) groups is 2. The lowest BCUT2D eigenvalue weighted by Gasteiger charge is -2.27. The zero-order chi connectivity index (χ0) is 17.7. The average molecular weight is 336 g/mol. The van der Waals surface area contributed by atoms with Crippen LogP contribution >= 0.6 is 0 Å². The molecule has 132 valence electrons. The minimum atomic E-state index is -0.220. The molecule has 1 aromatic rings. The standard InChI is InChI=1S/C17H24N2O5/c1-12(7-13-5-6-14-15(8-13)24-11-23-14)19(3)16(20)9-18(2)17(21)10-22-4/h5-6,8,12H,7,9-11H2,1-4H3. The zero-order valence-corrected chi connectivity index (χ0v) is 14.6. The minimum Gasteiger partial charge on any atom is -0.454 e. The van der Waals surface area contributed by atoms with E-state index in [1.54, 1.807) is 19.0 Å². The van der Waals surface area contributed by atoms with E-state index in [-0.39, 0.29) is 37.8 Å². The predicted octanol–water partition coefficient (Wildman–Crippen LogP) is 0.910. The Hall–Kier alpha value is -2.28. The molecule has 0 aliphatic carbocycles. The van der Waals surface area contributed by atoms with Crippen molar-refractivity contribution >= 4 is 11.8 Å². The quantitative estimate of drug-likeness (QED) is 0.740. The van der Waals surface area contributed by atoms with Gasteiger partial charge in [-0.1, -0.05) is 6.07 Å². The van der Waals surface area contributed by atoms with Gasteiger partial charge in [-0.15, -0.1) is 0 Å². The third kappa shape index (κ3) is 4.38. The minimum absolute atomic E-state index is 0.0104. The van der Waals surface area contributed by atoms with Gasteiger partial charge in [-0.3, -0.25) is 9.59 Å². The average Bonchev–Trinajstić information content (AvgIpc) is 3.01. The number of methoxy groups -OCH3 is 1. The van der Waals surface area contributed by atoms with Gasteiger partial charge in [0.15, 0.2) is 11.5 Å². The normalized spacial score (nSPS) is 13.5. The van der Waals surface area contributed by atoms with Crippen molar-refractivity contribution < 1.29 is 23.8 Å². The topological polar surface area (TPSA) is 68.3 Å². The molecule has 0 N–H and O–H groups in total. The number of carbonyl (C=O) groups excluding carboxylic acids is 2. The van der Waals surface area contributed by atoms with Gasteiger partial charge in [0, 0.05) is 27.2 Å². The third-order valence-corrected chi connectivity index (χ3v) is 4.09. The van der Waals surface area contributed by atoms with Gasteiger partial charge in [0.1, 0.15) is 6.61 Å². The molecule has 0 saturated carbocycles. The molecule has 24 heavy (non-hydrogen) atoms. The first-order valence-corrected chi connectivity index (χ1v) is 7.79. The van der Waals surface area contributed by atoms with Crippen molar-refractivity contribution in [3.63, 3.8) is 0 Å². The highest BCUT2D eigenvalue weighted by atomic mass is 16.7. The number of hydrogen-bond acceptors (Lipinski definition) is 5. The lowest BCUT2D eigenvalue weighted by molar-refractivity contribution is -0.141. The van der Waals surface area contributed by atoms with Gasteiger partial charge >= 0.3 is 0 Å². The van der Waals surface area contributed by atoms with Crippen LogP contribution in [0.1, 0.15) is 12.5 Å². The summed E-state index contributed by atoms with van der Waals surface area (Å²) in [6, 6.07) is 5.77. The molecule has 0 spiro atoms. The Morgan fingerprint density at radius 3 is 2.62 bits per heavy atom. The van der Waals surface area contributed by atoms with Gasteiger partial charge in [0.2, 0.25) is 18.6 Å². The Morgan fingerprint density at radius 2 is 1.92 bits per heavy atom. The predicted molar refractivity (Wildman–Crippen MR) is 88.0 cm³/mol. The number of nitrogens with zero attached hydrogens (tertiary/aromatic N) is 2. The molecule has 0 fully saturated rings. The van der Waals surface area contributed by atoms with Gasteiger partial charge in [0.25, 0.3) is 0 Å². The number of rotatable bonds is 7. The van der Waals surface area contributed by atoms with Gasteiger partial charge in [-0.2, -0.15) is 0 Å². The molecule has 0 aromatic heterocycles. The number of hydrogen-bond donors (Lipinski definition) is 0. The lowest BCUT2D eigenvalue weighted by atomic mass is 10.1. The lowest BCUT2D eigenvalue weighted by Crippen LogP contribution is -2.44. The molecule has 2 rings (SSSR count). The van der Waals surface area contributed by atoms with Crippen LogP contribution < -0.4 is 9.47 Å². The van der Waals surface area contributed by atoms with Crippen molar-refractivity contribution in [2.45, 2.75) is 19.4 Å². The maximum Gasteiger partial charge on any atom is 0.248 e. The molecular formula is C17H24N2O5. The van der Waals surface area contributed by atoms with E-state index in [1.807, 2.05) is 25.1 Å². The van der Waals surface area contributed by atoms with E-state index in [9.17, 15) is 9.59 Å². The summed E-state index contributed by atoms with van der Waals surface area (Å²) < 4.78 is 15.5. The third-order valence-electron chi connectivity index (χ3n) is 4.09. The fourth-order valence-electron chi connectivity index (χ4n) is 2.43. The van der Waals surface area contributed by atoms with E-state index < -0.39 is 0 Å². The smallest absolute Gasteiger partial charge is 0.248 e. The van der Waals surface area contributed by atoms with Crippen LogP contribution in [0.2, 0.25) is 0 Å². The fraction of sp³-hybridized carbons (Fsp3) is 0.529. The number of amides is 2. The molecule has 0 radical (unpaired) electrons. The Labute approximate surface area is 142 Å². The van der Waals surface area contributed by atoms with Crippen molar-refractivity contribution in [1.29, 1.82) is 0 Å². The molecule has 7 nitrogen and oxygen atoms in total. The maximum atomic E-state index is 12.3. The summed E-state index contributed by atoms with van der Waals surface area (Å²) in [6.07, 6.45) is 0.689. The second-order valence-corrected chi connectivity index (χ2v) is 5.93. The number of ether oxygens (including phenoxy) is 3. The maximum absolute atomic E-state index is 12.3. The van der Waals surface area contributed by atoms with Crippen LogP contribution in [0.5, 0.6) is 11.5 Å². The fourth-order valence-corrected chi connectivity index (χ4v) is 2.43. The van der Waals surface area contributed by atoms with E-state index in [2.05, 4.69) is 0 Å². The van der Waals surface area contributed by atoms with Crippen LogP contribution in [0.15, 0.2) is 18.2 Å². The Kier molecular flexibility index (Phi) is 6.03. The van der Waals surface area contributed by atoms with Crippen LogP contribution in [-0.2, 0) is 20.7 Å². The Bertz CT molecular complexity index is 605. The highest BCUT2D eigenvalue weighted by Crippen LogP contribution is 2.32. The summed E-state index contributed by atoms with van der Waals surface area (Å²) in [5.74, 6) is 1.14. The summed E-state index contributed by atoms with van der Waals surface area (Å²) in [5, 5.41) is 0. The summed E-state index contributed by atoms with van der Waals surface area (Å²) in [7, 11) is 4.79. The van der Waals surface area contributed by atoms with Crippen LogP contribution in [0.4, 0.5) is 0 Å². The van der Waals surface area contributed by atoms with Crippen LogP contribution in [-0.4, -0.2) is 68.8 Å². The largest absolute Gasteiger partial charge is 0.454 e. The molecular weight excluding hydrogens is 312 g/mol. The second-order valence-electron chi connectivity index (χ2n) is 5.93. The molecule has 1 aliphatic heterocycles. The van der Waals surface area contributed by atoms with Crippen molar-refractivity contribution in [3.8, 4) is 11.5 Å². The monoisotopic (exact) mass is 336 g/mol. The van der Waals surface area contributed by atoms with E-state index in [1.165, 1.54) is 12.0 Å². The number of likely N-dealkylation sites (N-methyl/N-ethyl adjacent to an activating group) is 2. The van der Waals surface area contributed by atoms with Crippen LogP contribution in [0.25, 0.3) is 0 Å². The first kappa shape index (κ1) is 18.1. The number of benzene rings is 1. The summed E-state index contributed by atoms with van der Waals surface area (Å²) >= 11 is 0. The molecule has 2 amide bonds. The molecule has 1 heterocycles. The van der Waals surface area contributed by atoms with Gasteiger partial charge in [-0.25, -0.2) is 0 Å². The summed E-state index contributed by atoms with van der Waals surface area (Å²) in [4.78, 5) is 27.0. The zero-order valence-electron chi connectivity index (χ0n) is 14.6. The molecule has 1 aromatic carbocycles. The summed E-state index contributed by atoms with van der Waals surface area (Å²) in [5.41, 5.74) is 1.07. The van der Waals surface area contributed by atoms with E-state index >= 15 is 0 Å². The van der Waals surface area contributed by atoms with Crippen molar-refractivity contribution in [3.05, 3.63) is 23.8 Å². The van der Waals surface area contributed by atoms with Gasteiger partial charge in [0.05, 0.1) is 6.54 Å².